The molecule has 162 valence electrons. The maximum Gasteiger partial charge on any atom is 0.310 e. The molecule has 0 aliphatic heterocycles. The molecular formula is C23H23BrN2O5. The van der Waals surface area contributed by atoms with Crippen molar-refractivity contribution in [1.82, 2.24) is 5.16 Å². The maximum atomic E-state index is 12.1. The van der Waals surface area contributed by atoms with Crippen LogP contribution < -0.4 is 10.1 Å². The average molecular weight is 487 g/mol. The van der Waals surface area contributed by atoms with Crippen LogP contribution in [0, 0.1) is 20.8 Å². The van der Waals surface area contributed by atoms with Crippen molar-refractivity contribution >= 4 is 33.5 Å². The highest BCUT2D eigenvalue weighted by Gasteiger charge is 2.11. The molecule has 1 N–H and O–H groups in total. The minimum absolute atomic E-state index is 0.0630. The summed E-state index contributed by atoms with van der Waals surface area (Å²) in [5.74, 6) is 0.522. The summed E-state index contributed by atoms with van der Waals surface area (Å²) in [7, 11) is 0. The molecule has 3 rings (SSSR count). The second-order valence-corrected chi connectivity index (χ2v) is 7.94. The van der Waals surface area contributed by atoms with E-state index in [2.05, 4.69) is 26.4 Å². The van der Waals surface area contributed by atoms with E-state index in [-0.39, 0.29) is 13.0 Å². The topological polar surface area (TPSA) is 90.7 Å². The van der Waals surface area contributed by atoms with E-state index in [9.17, 15) is 9.59 Å². The third kappa shape index (κ3) is 6.42. The van der Waals surface area contributed by atoms with Crippen molar-refractivity contribution < 1.29 is 23.6 Å². The highest BCUT2D eigenvalue weighted by molar-refractivity contribution is 9.10. The van der Waals surface area contributed by atoms with Gasteiger partial charge in [0.15, 0.2) is 6.61 Å². The van der Waals surface area contributed by atoms with E-state index in [1.165, 1.54) is 0 Å². The highest BCUT2D eigenvalue weighted by atomic mass is 79.9. The van der Waals surface area contributed by atoms with Crippen LogP contribution in [0.15, 0.2) is 51.5 Å². The monoisotopic (exact) mass is 486 g/mol. The number of anilines is 1. The fourth-order valence-corrected chi connectivity index (χ4v) is 3.18. The van der Waals surface area contributed by atoms with Crippen molar-refractivity contribution in [3.63, 3.8) is 0 Å². The average Bonchev–Trinajstić information content (AvgIpc) is 3.06. The minimum Gasteiger partial charge on any atom is -0.489 e. The van der Waals surface area contributed by atoms with Gasteiger partial charge in [-0.15, -0.1) is 0 Å². The Kier molecular flexibility index (Phi) is 7.46. The molecule has 1 heterocycles. The smallest absolute Gasteiger partial charge is 0.310 e. The third-order valence-electron chi connectivity index (χ3n) is 4.66. The zero-order valence-corrected chi connectivity index (χ0v) is 19.1. The number of aryl methyl sites for hydroxylation is 3. The van der Waals surface area contributed by atoms with Gasteiger partial charge in [0, 0.05) is 10.2 Å². The number of carbonyl (C=O) groups excluding carboxylic acids is 2. The largest absolute Gasteiger partial charge is 0.489 e. The Hall–Kier alpha value is -3.13. The molecule has 2 aromatic carbocycles. The van der Waals surface area contributed by atoms with Crippen molar-refractivity contribution in [1.29, 1.82) is 0 Å². The molecule has 7 nitrogen and oxygen atoms in total. The molecule has 31 heavy (non-hydrogen) atoms. The number of hydrogen-bond donors (Lipinski definition) is 1. The van der Waals surface area contributed by atoms with Gasteiger partial charge in [-0.1, -0.05) is 39.3 Å². The Bertz CT molecular complexity index is 1060. The SMILES string of the molecule is Cc1ccc(NC(=O)COC(=O)Cc2ccc(OCc3c(C)noc3C)cc2)cc1Br. The number of benzene rings is 2. The number of nitrogens with one attached hydrogen (secondary N) is 1. The number of amides is 1. The van der Waals surface area contributed by atoms with E-state index in [4.69, 9.17) is 14.0 Å². The van der Waals surface area contributed by atoms with E-state index < -0.39 is 11.9 Å². The lowest BCUT2D eigenvalue weighted by molar-refractivity contribution is -0.146. The van der Waals surface area contributed by atoms with Gasteiger partial charge >= 0.3 is 5.97 Å². The summed E-state index contributed by atoms with van der Waals surface area (Å²) in [6.45, 7) is 5.67. The first kappa shape index (κ1) is 22.6. The van der Waals surface area contributed by atoms with Gasteiger partial charge in [0.05, 0.1) is 17.7 Å². The van der Waals surface area contributed by atoms with Crippen LogP contribution in [-0.2, 0) is 27.4 Å². The number of nitrogens with zero attached hydrogens (tertiary/aromatic N) is 1. The first-order chi connectivity index (χ1) is 14.8. The lowest BCUT2D eigenvalue weighted by Crippen LogP contribution is -2.21. The Morgan fingerprint density at radius 3 is 2.48 bits per heavy atom. The molecule has 3 aromatic rings. The van der Waals surface area contributed by atoms with Gasteiger partial charge < -0.3 is 19.3 Å². The van der Waals surface area contributed by atoms with E-state index in [0.29, 0.717) is 18.0 Å². The first-order valence-corrected chi connectivity index (χ1v) is 10.5. The van der Waals surface area contributed by atoms with Crippen LogP contribution in [0.5, 0.6) is 5.75 Å². The number of rotatable bonds is 8. The van der Waals surface area contributed by atoms with Gasteiger partial charge in [-0.2, -0.15) is 0 Å². The van der Waals surface area contributed by atoms with Crippen LogP contribution in [0.3, 0.4) is 0 Å². The molecule has 0 fully saturated rings. The van der Waals surface area contributed by atoms with Crippen molar-refractivity contribution in [3.05, 3.63) is 75.1 Å². The molecule has 0 saturated carbocycles. The molecule has 0 saturated heterocycles. The number of aromatic nitrogens is 1. The number of ether oxygens (including phenoxy) is 2. The number of esters is 1. The lowest BCUT2D eigenvalue weighted by Gasteiger charge is -2.09. The van der Waals surface area contributed by atoms with Crippen molar-refractivity contribution in [2.24, 2.45) is 0 Å². The van der Waals surface area contributed by atoms with Gasteiger partial charge in [0.25, 0.3) is 5.91 Å². The summed E-state index contributed by atoms with van der Waals surface area (Å²) in [5, 5.41) is 6.59. The fraction of sp³-hybridized carbons (Fsp3) is 0.261. The van der Waals surface area contributed by atoms with E-state index >= 15 is 0 Å². The molecule has 0 atom stereocenters. The molecule has 1 aromatic heterocycles. The summed E-state index contributed by atoms with van der Waals surface area (Å²) < 4.78 is 16.8. The summed E-state index contributed by atoms with van der Waals surface area (Å²) in [6.07, 6.45) is 0.0630. The minimum atomic E-state index is -0.482. The Morgan fingerprint density at radius 2 is 1.84 bits per heavy atom. The third-order valence-corrected chi connectivity index (χ3v) is 5.51. The Morgan fingerprint density at radius 1 is 1.10 bits per heavy atom. The molecule has 0 radical (unpaired) electrons. The molecule has 8 heteroatoms. The normalized spacial score (nSPS) is 10.6. The number of halogens is 1. The fourth-order valence-electron chi connectivity index (χ4n) is 2.80. The van der Waals surface area contributed by atoms with Crippen LogP contribution in [-0.4, -0.2) is 23.6 Å². The van der Waals surface area contributed by atoms with Crippen molar-refractivity contribution in [2.45, 2.75) is 33.8 Å². The molecule has 0 spiro atoms. The lowest BCUT2D eigenvalue weighted by atomic mass is 10.1. The summed E-state index contributed by atoms with van der Waals surface area (Å²) in [4.78, 5) is 24.0. The molecule has 0 aliphatic carbocycles. The van der Waals surface area contributed by atoms with Crippen LogP contribution in [0.25, 0.3) is 0 Å². The standard InChI is InChI=1S/C23H23BrN2O5/c1-14-4-7-18(11-21(14)24)25-22(27)13-30-23(28)10-17-5-8-19(9-6-17)29-12-20-15(2)26-31-16(20)3/h4-9,11H,10,12-13H2,1-3H3,(H,25,27). The maximum absolute atomic E-state index is 12.1. The van der Waals surface area contributed by atoms with Crippen LogP contribution in [0.4, 0.5) is 5.69 Å². The van der Waals surface area contributed by atoms with E-state index in [1.54, 1.807) is 36.4 Å². The highest BCUT2D eigenvalue weighted by Crippen LogP contribution is 2.21. The van der Waals surface area contributed by atoms with Crippen molar-refractivity contribution in [3.8, 4) is 5.75 Å². The predicted molar refractivity (Wildman–Crippen MR) is 119 cm³/mol. The second kappa shape index (κ2) is 10.3. The quantitative estimate of drug-likeness (QED) is 0.465. The summed E-state index contributed by atoms with van der Waals surface area (Å²) >= 11 is 3.41. The molecule has 0 unspecified atom stereocenters. The number of hydrogen-bond acceptors (Lipinski definition) is 6. The van der Waals surface area contributed by atoms with Gasteiger partial charge in [-0.05, 0) is 56.2 Å². The second-order valence-electron chi connectivity index (χ2n) is 7.08. The van der Waals surface area contributed by atoms with Crippen LogP contribution >= 0.6 is 15.9 Å². The van der Waals surface area contributed by atoms with E-state index in [1.807, 2.05) is 26.8 Å². The first-order valence-electron chi connectivity index (χ1n) is 9.67. The van der Waals surface area contributed by atoms with E-state index in [0.717, 1.165) is 32.6 Å². The van der Waals surface area contributed by atoms with Crippen LogP contribution in [0.2, 0.25) is 0 Å². The Balaban J connectivity index is 1.43. The van der Waals surface area contributed by atoms with Gasteiger partial charge in [-0.25, -0.2) is 0 Å². The van der Waals surface area contributed by atoms with Crippen LogP contribution in [0.1, 0.15) is 28.1 Å². The van der Waals surface area contributed by atoms with Gasteiger partial charge in [-0.3, -0.25) is 9.59 Å². The van der Waals surface area contributed by atoms with Crippen molar-refractivity contribution in [2.75, 3.05) is 11.9 Å². The molecular weight excluding hydrogens is 464 g/mol. The van der Waals surface area contributed by atoms with Gasteiger partial charge in [0.1, 0.15) is 18.1 Å². The summed E-state index contributed by atoms with van der Waals surface area (Å²) in [5.41, 5.74) is 4.17. The van der Waals surface area contributed by atoms with Gasteiger partial charge in [0.2, 0.25) is 0 Å². The zero-order chi connectivity index (χ0) is 22.4. The zero-order valence-electron chi connectivity index (χ0n) is 17.5. The number of carbonyl (C=O) groups is 2. The predicted octanol–water partition coefficient (Wildman–Crippen LogP) is 4.67. The molecule has 0 aliphatic rings. The Labute approximate surface area is 188 Å². The molecule has 0 bridgehead atoms. The summed E-state index contributed by atoms with van der Waals surface area (Å²) in [6, 6.07) is 12.6. The molecule has 1 amide bonds.